The van der Waals surface area contributed by atoms with Crippen molar-refractivity contribution in [3.8, 4) is 0 Å². The molecule has 0 saturated heterocycles. The van der Waals surface area contributed by atoms with Gasteiger partial charge >= 0.3 is 5.97 Å². The van der Waals surface area contributed by atoms with Gasteiger partial charge in [0.25, 0.3) is 0 Å². The standard InChI is InChI=1S/C9H14O3/c10-8-3-5-1-7(9(11)12)2-6(5)4-8/h5-8,10H,1-4H2,(H,11,12). The molecule has 0 aromatic rings. The van der Waals surface area contributed by atoms with Crippen LogP contribution < -0.4 is 0 Å². The molecule has 2 fully saturated rings. The lowest BCUT2D eigenvalue weighted by Gasteiger charge is -2.06. The highest BCUT2D eigenvalue weighted by Crippen LogP contribution is 2.46. The Balaban J connectivity index is 1.98. The van der Waals surface area contributed by atoms with Crippen molar-refractivity contribution in [1.29, 1.82) is 0 Å². The molecule has 0 aliphatic heterocycles. The number of aliphatic hydroxyl groups is 1. The molecule has 2 saturated carbocycles. The summed E-state index contributed by atoms with van der Waals surface area (Å²) >= 11 is 0. The van der Waals surface area contributed by atoms with Crippen molar-refractivity contribution in [2.45, 2.75) is 31.8 Å². The Kier molecular flexibility index (Phi) is 1.83. The second-order valence-corrected chi connectivity index (χ2v) is 4.15. The first-order chi connectivity index (χ1) is 5.66. The molecule has 2 rings (SSSR count). The van der Waals surface area contributed by atoms with E-state index in [2.05, 4.69) is 0 Å². The smallest absolute Gasteiger partial charge is 0.306 e. The monoisotopic (exact) mass is 170 g/mol. The molecule has 0 aromatic carbocycles. The fourth-order valence-electron chi connectivity index (χ4n) is 2.79. The van der Waals surface area contributed by atoms with Gasteiger partial charge in [0.2, 0.25) is 0 Å². The molecule has 0 radical (unpaired) electrons. The molecule has 0 aromatic heterocycles. The summed E-state index contributed by atoms with van der Waals surface area (Å²) in [6.45, 7) is 0. The predicted molar refractivity (Wildman–Crippen MR) is 42.6 cm³/mol. The zero-order valence-corrected chi connectivity index (χ0v) is 6.94. The Morgan fingerprint density at radius 1 is 1.08 bits per heavy atom. The Bertz CT molecular complexity index is 188. The predicted octanol–water partition coefficient (Wildman–Crippen LogP) is 0.868. The van der Waals surface area contributed by atoms with Crippen molar-refractivity contribution in [2.75, 3.05) is 0 Å². The largest absolute Gasteiger partial charge is 0.481 e. The van der Waals surface area contributed by atoms with E-state index in [1.165, 1.54) is 0 Å². The highest BCUT2D eigenvalue weighted by atomic mass is 16.4. The Morgan fingerprint density at radius 2 is 1.58 bits per heavy atom. The van der Waals surface area contributed by atoms with Gasteiger partial charge in [-0.3, -0.25) is 4.79 Å². The summed E-state index contributed by atoms with van der Waals surface area (Å²) in [5.74, 6) is 0.189. The number of carbonyl (C=O) groups is 1. The van der Waals surface area contributed by atoms with Gasteiger partial charge in [0.15, 0.2) is 0 Å². The van der Waals surface area contributed by atoms with E-state index in [1.807, 2.05) is 0 Å². The van der Waals surface area contributed by atoms with Crippen LogP contribution in [0, 0.1) is 17.8 Å². The molecule has 0 bridgehead atoms. The van der Waals surface area contributed by atoms with Crippen LogP contribution in [0.3, 0.4) is 0 Å². The molecular weight excluding hydrogens is 156 g/mol. The third-order valence-corrected chi connectivity index (χ3v) is 3.34. The van der Waals surface area contributed by atoms with Gasteiger partial charge in [-0.15, -0.1) is 0 Å². The number of rotatable bonds is 1. The van der Waals surface area contributed by atoms with Gasteiger partial charge in [-0.1, -0.05) is 0 Å². The van der Waals surface area contributed by atoms with Crippen molar-refractivity contribution in [2.24, 2.45) is 17.8 Å². The molecule has 2 aliphatic rings. The minimum atomic E-state index is -0.654. The minimum absolute atomic E-state index is 0.132. The second-order valence-electron chi connectivity index (χ2n) is 4.15. The zero-order chi connectivity index (χ0) is 8.72. The molecule has 3 heteroatoms. The SMILES string of the molecule is O=C(O)C1CC2CC(O)CC2C1. The summed E-state index contributed by atoms with van der Waals surface area (Å²) in [5.41, 5.74) is 0. The quantitative estimate of drug-likeness (QED) is 0.614. The second kappa shape index (κ2) is 2.73. The molecule has 0 heterocycles. The summed E-state index contributed by atoms with van der Waals surface area (Å²) in [4.78, 5) is 10.7. The summed E-state index contributed by atoms with van der Waals surface area (Å²) in [5, 5.41) is 18.1. The summed E-state index contributed by atoms with van der Waals surface area (Å²) < 4.78 is 0. The number of aliphatic hydroxyl groups excluding tert-OH is 1. The first-order valence-electron chi connectivity index (χ1n) is 4.57. The zero-order valence-electron chi connectivity index (χ0n) is 6.94. The molecule has 12 heavy (non-hydrogen) atoms. The van der Waals surface area contributed by atoms with Crippen molar-refractivity contribution in [1.82, 2.24) is 0 Å². The van der Waals surface area contributed by atoms with Crippen LogP contribution in [0.5, 0.6) is 0 Å². The normalized spacial score (nSPS) is 46.1. The van der Waals surface area contributed by atoms with E-state index < -0.39 is 5.97 Å². The van der Waals surface area contributed by atoms with Gasteiger partial charge in [0, 0.05) is 0 Å². The maximum Gasteiger partial charge on any atom is 0.306 e. The van der Waals surface area contributed by atoms with Gasteiger partial charge in [-0.2, -0.15) is 0 Å². The van der Waals surface area contributed by atoms with Crippen LogP contribution in [-0.4, -0.2) is 22.3 Å². The van der Waals surface area contributed by atoms with Gasteiger partial charge in [-0.05, 0) is 37.5 Å². The molecule has 68 valence electrons. The van der Waals surface area contributed by atoms with Crippen molar-refractivity contribution < 1.29 is 15.0 Å². The van der Waals surface area contributed by atoms with Gasteiger partial charge in [0.05, 0.1) is 12.0 Å². The third-order valence-electron chi connectivity index (χ3n) is 3.34. The molecule has 2 N–H and O–H groups in total. The van der Waals surface area contributed by atoms with Gasteiger partial charge < -0.3 is 10.2 Å². The molecule has 2 aliphatic carbocycles. The van der Waals surface area contributed by atoms with E-state index in [0.29, 0.717) is 11.8 Å². The van der Waals surface area contributed by atoms with E-state index >= 15 is 0 Å². The van der Waals surface area contributed by atoms with Crippen molar-refractivity contribution >= 4 is 5.97 Å². The fraction of sp³-hybridized carbons (Fsp3) is 0.889. The highest BCUT2D eigenvalue weighted by Gasteiger charge is 2.43. The average Bonchev–Trinajstić information content (AvgIpc) is 2.42. The van der Waals surface area contributed by atoms with Crippen LogP contribution in [0.1, 0.15) is 25.7 Å². The molecule has 2 atom stereocenters. The van der Waals surface area contributed by atoms with Crippen molar-refractivity contribution in [3.05, 3.63) is 0 Å². The van der Waals surface area contributed by atoms with E-state index in [1.54, 1.807) is 0 Å². The lowest BCUT2D eigenvalue weighted by molar-refractivity contribution is -0.141. The first-order valence-corrected chi connectivity index (χ1v) is 4.57. The maximum atomic E-state index is 10.7. The van der Waals surface area contributed by atoms with Crippen LogP contribution in [0.2, 0.25) is 0 Å². The first kappa shape index (κ1) is 8.05. The van der Waals surface area contributed by atoms with Crippen LogP contribution in [0.15, 0.2) is 0 Å². The van der Waals surface area contributed by atoms with Crippen LogP contribution in [-0.2, 0) is 4.79 Å². The summed E-state index contributed by atoms with van der Waals surface area (Å²) in [7, 11) is 0. The summed E-state index contributed by atoms with van der Waals surface area (Å²) in [6, 6.07) is 0. The molecule has 3 nitrogen and oxygen atoms in total. The number of hydrogen-bond acceptors (Lipinski definition) is 2. The number of aliphatic carboxylic acids is 1. The van der Waals surface area contributed by atoms with Gasteiger partial charge in [0.1, 0.15) is 0 Å². The van der Waals surface area contributed by atoms with E-state index in [9.17, 15) is 9.90 Å². The van der Waals surface area contributed by atoms with Crippen LogP contribution in [0.4, 0.5) is 0 Å². The highest BCUT2D eigenvalue weighted by molar-refractivity contribution is 5.70. The minimum Gasteiger partial charge on any atom is -0.481 e. The number of carboxylic acid groups (broad SMARTS) is 1. The molecule has 0 spiro atoms. The Labute approximate surface area is 71.4 Å². The topological polar surface area (TPSA) is 57.5 Å². The average molecular weight is 170 g/mol. The van der Waals surface area contributed by atoms with Gasteiger partial charge in [-0.25, -0.2) is 0 Å². The summed E-state index contributed by atoms with van der Waals surface area (Å²) in [6.07, 6.45) is 3.08. The number of fused-ring (bicyclic) bond motifs is 1. The number of carboxylic acids is 1. The maximum absolute atomic E-state index is 10.7. The van der Waals surface area contributed by atoms with E-state index in [0.717, 1.165) is 25.7 Å². The lowest BCUT2D eigenvalue weighted by atomic mass is 10.0. The molecule has 0 amide bonds. The van der Waals surface area contributed by atoms with E-state index in [4.69, 9.17) is 5.11 Å². The Hall–Kier alpha value is -0.570. The molecule has 2 unspecified atom stereocenters. The fourth-order valence-corrected chi connectivity index (χ4v) is 2.79. The number of hydrogen-bond donors (Lipinski definition) is 2. The Morgan fingerprint density at radius 3 is 2.00 bits per heavy atom. The van der Waals surface area contributed by atoms with Crippen molar-refractivity contribution in [3.63, 3.8) is 0 Å². The lowest BCUT2D eigenvalue weighted by Crippen LogP contribution is -2.12. The molecular formula is C9H14O3. The van der Waals surface area contributed by atoms with Crippen LogP contribution in [0.25, 0.3) is 0 Å². The van der Waals surface area contributed by atoms with Crippen LogP contribution >= 0.6 is 0 Å². The van der Waals surface area contributed by atoms with E-state index in [-0.39, 0.29) is 12.0 Å². The third kappa shape index (κ3) is 1.22.